The first-order valence-corrected chi connectivity index (χ1v) is 7.69. The average molecular weight is 292 g/mol. The number of nitrogens with zero attached hydrogens (tertiary/aromatic N) is 3. The van der Waals surface area contributed by atoms with Crippen LogP contribution in [0.3, 0.4) is 0 Å². The second-order valence-corrected chi connectivity index (χ2v) is 6.50. The van der Waals surface area contributed by atoms with E-state index >= 15 is 0 Å². The maximum atomic E-state index is 9.69. The van der Waals surface area contributed by atoms with E-state index in [1.807, 2.05) is 6.07 Å². The Morgan fingerprint density at radius 2 is 2.10 bits per heavy atom. The summed E-state index contributed by atoms with van der Waals surface area (Å²) in [7, 11) is 0. The summed E-state index contributed by atoms with van der Waals surface area (Å²) in [5.41, 5.74) is 6.68. The molecule has 1 spiro atoms. The van der Waals surface area contributed by atoms with E-state index in [2.05, 4.69) is 28.7 Å². The summed E-state index contributed by atoms with van der Waals surface area (Å²) in [4.78, 5) is 10.9. The Labute approximate surface area is 125 Å². The fourth-order valence-electron chi connectivity index (χ4n) is 3.24. The van der Waals surface area contributed by atoms with Crippen LogP contribution in [-0.4, -0.2) is 46.5 Å². The molecule has 6 nitrogen and oxygen atoms in total. The number of piperidine rings is 1. The minimum atomic E-state index is -0.307. The summed E-state index contributed by atoms with van der Waals surface area (Å²) < 4.78 is 5.83. The van der Waals surface area contributed by atoms with Crippen molar-refractivity contribution in [3.8, 4) is 0 Å². The van der Waals surface area contributed by atoms with Gasteiger partial charge >= 0.3 is 0 Å². The van der Waals surface area contributed by atoms with E-state index in [-0.39, 0.29) is 11.7 Å². The van der Waals surface area contributed by atoms with Crippen molar-refractivity contribution in [2.24, 2.45) is 0 Å². The third kappa shape index (κ3) is 2.96. The van der Waals surface area contributed by atoms with Crippen molar-refractivity contribution in [2.75, 3.05) is 30.3 Å². The summed E-state index contributed by atoms with van der Waals surface area (Å²) in [5, 5.41) is 9.69. The summed E-state index contributed by atoms with van der Waals surface area (Å²) in [6, 6.07) is 2.03. The van der Waals surface area contributed by atoms with Crippen LogP contribution in [0, 0.1) is 0 Å². The first-order valence-electron chi connectivity index (χ1n) is 7.69. The van der Waals surface area contributed by atoms with Gasteiger partial charge in [-0.1, -0.05) is 13.8 Å². The zero-order valence-corrected chi connectivity index (χ0v) is 12.7. The molecule has 2 aliphatic heterocycles. The number of anilines is 2. The Kier molecular flexibility index (Phi) is 3.75. The Morgan fingerprint density at radius 3 is 2.67 bits per heavy atom. The minimum absolute atomic E-state index is 0.130. The largest absolute Gasteiger partial charge is 0.391 e. The van der Waals surface area contributed by atoms with E-state index < -0.39 is 0 Å². The molecular weight excluding hydrogens is 268 g/mol. The van der Waals surface area contributed by atoms with Gasteiger partial charge in [-0.2, -0.15) is 4.98 Å². The molecule has 116 valence electrons. The molecule has 1 aromatic heterocycles. The van der Waals surface area contributed by atoms with Crippen LogP contribution in [-0.2, 0) is 4.74 Å². The van der Waals surface area contributed by atoms with Crippen LogP contribution in [0.15, 0.2) is 6.07 Å². The predicted molar refractivity (Wildman–Crippen MR) is 81.3 cm³/mol. The van der Waals surface area contributed by atoms with Crippen LogP contribution in [0.1, 0.15) is 44.7 Å². The quantitative estimate of drug-likeness (QED) is 0.855. The van der Waals surface area contributed by atoms with Gasteiger partial charge in [0.2, 0.25) is 5.95 Å². The van der Waals surface area contributed by atoms with Gasteiger partial charge in [0, 0.05) is 25.6 Å². The monoisotopic (exact) mass is 292 g/mol. The summed E-state index contributed by atoms with van der Waals surface area (Å²) in [5.74, 6) is 1.57. The van der Waals surface area contributed by atoms with Crippen LogP contribution in [0.25, 0.3) is 0 Å². The molecule has 0 radical (unpaired) electrons. The highest BCUT2D eigenvalue weighted by Crippen LogP contribution is 2.37. The van der Waals surface area contributed by atoms with Crippen molar-refractivity contribution in [1.29, 1.82) is 0 Å². The van der Waals surface area contributed by atoms with Gasteiger partial charge in [0.05, 0.1) is 24.0 Å². The number of nitrogen functional groups attached to an aromatic ring is 1. The van der Waals surface area contributed by atoms with E-state index in [0.29, 0.717) is 18.5 Å². The van der Waals surface area contributed by atoms with Crippen molar-refractivity contribution in [2.45, 2.75) is 50.7 Å². The van der Waals surface area contributed by atoms with Crippen LogP contribution in [0.5, 0.6) is 0 Å². The van der Waals surface area contributed by atoms with Crippen molar-refractivity contribution < 1.29 is 9.84 Å². The summed E-state index contributed by atoms with van der Waals surface area (Å²) >= 11 is 0. The topological polar surface area (TPSA) is 84.5 Å². The number of ether oxygens (including phenoxy) is 1. The third-order valence-corrected chi connectivity index (χ3v) is 4.53. The Hall–Kier alpha value is -1.40. The highest BCUT2D eigenvalue weighted by Gasteiger charge is 2.42. The maximum absolute atomic E-state index is 9.69. The molecule has 21 heavy (non-hydrogen) atoms. The normalized spacial score (nSPS) is 25.0. The molecule has 6 heteroatoms. The Morgan fingerprint density at radius 1 is 1.38 bits per heavy atom. The van der Waals surface area contributed by atoms with Crippen LogP contribution in [0.4, 0.5) is 11.8 Å². The van der Waals surface area contributed by atoms with E-state index in [0.717, 1.165) is 43.9 Å². The molecule has 0 saturated carbocycles. The van der Waals surface area contributed by atoms with Crippen molar-refractivity contribution in [3.63, 3.8) is 0 Å². The lowest BCUT2D eigenvalue weighted by Crippen LogP contribution is -2.44. The second kappa shape index (κ2) is 5.42. The molecule has 3 heterocycles. The molecule has 0 aliphatic carbocycles. The molecule has 2 fully saturated rings. The number of rotatable bonds is 2. The lowest BCUT2D eigenvalue weighted by Gasteiger charge is -2.39. The summed E-state index contributed by atoms with van der Waals surface area (Å²) in [6.07, 6.45) is 2.29. The fraction of sp³-hybridized carbons (Fsp3) is 0.733. The predicted octanol–water partition coefficient (Wildman–Crippen LogP) is 1.30. The molecule has 0 unspecified atom stereocenters. The number of hydrogen-bond acceptors (Lipinski definition) is 6. The molecule has 3 N–H and O–H groups in total. The van der Waals surface area contributed by atoms with Crippen molar-refractivity contribution in [1.82, 2.24) is 9.97 Å². The number of nitrogens with two attached hydrogens (primary N) is 1. The van der Waals surface area contributed by atoms with E-state index in [4.69, 9.17) is 10.5 Å². The van der Waals surface area contributed by atoms with Gasteiger partial charge in [-0.05, 0) is 18.8 Å². The number of hydrogen-bond donors (Lipinski definition) is 2. The first kappa shape index (κ1) is 14.5. The molecule has 2 aliphatic rings. The SMILES string of the molecule is CC(C)c1cc(N2CCC3(CC2)C[C@H](O)CO3)nc(N)n1. The maximum Gasteiger partial charge on any atom is 0.222 e. The minimum Gasteiger partial charge on any atom is -0.391 e. The molecule has 1 atom stereocenters. The lowest BCUT2D eigenvalue weighted by molar-refractivity contribution is -0.0167. The van der Waals surface area contributed by atoms with E-state index in [1.54, 1.807) is 0 Å². The van der Waals surface area contributed by atoms with E-state index in [9.17, 15) is 5.11 Å². The zero-order valence-electron chi connectivity index (χ0n) is 12.7. The van der Waals surface area contributed by atoms with E-state index in [1.165, 1.54) is 0 Å². The fourth-order valence-corrected chi connectivity index (χ4v) is 3.24. The Bertz CT molecular complexity index is 512. The molecule has 0 amide bonds. The number of aliphatic hydroxyl groups excluding tert-OH is 1. The standard InChI is InChI=1S/C15H24N4O2/c1-10(2)12-7-13(18-14(16)17-12)19-5-3-15(4-6-19)8-11(20)9-21-15/h7,10-11,20H,3-6,8-9H2,1-2H3,(H2,16,17,18)/t11-/m0/s1. The van der Waals surface area contributed by atoms with Gasteiger partial charge in [0.15, 0.2) is 0 Å². The first-order chi connectivity index (χ1) is 9.97. The number of aliphatic hydroxyl groups is 1. The highest BCUT2D eigenvalue weighted by molar-refractivity contribution is 5.44. The molecule has 1 aromatic rings. The Balaban J connectivity index is 1.72. The number of aromatic nitrogens is 2. The van der Waals surface area contributed by atoms with Gasteiger partial charge in [-0.3, -0.25) is 0 Å². The summed E-state index contributed by atoms with van der Waals surface area (Å²) in [6.45, 7) is 6.42. The van der Waals surface area contributed by atoms with Gasteiger partial charge in [0.25, 0.3) is 0 Å². The van der Waals surface area contributed by atoms with Crippen molar-refractivity contribution >= 4 is 11.8 Å². The molecule has 3 rings (SSSR count). The van der Waals surface area contributed by atoms with Gasteiger partial charge in [0.1, 0.15) is 5.82 Å². The highest BCUT2D eigenvalue weighted by atomic mass is 16.5. The molecular formula is C15H24N4O2. The average Bonchev–Trinajstić information content (AvgIpc) is 2.80. The van der Waals surface area contributed by atoms with Crippen LogP contribution < -0.4 is 10.6 Å². The molecule has 2 saturated heterocycles. The smallest absolute Gasteiger partial charge is 0.222 e. The zero-order chi connectivity index (χ0) is 15.0. The van der Waals surface area contributed by atoms with Crippen molar-refractivity contribution in [3.05, 3.63) is 11.8 Å². The lowest BCUT2D eigenvalue weighted by atomic mass is 9.88. The van der Waals surface area contributed by atoms with Crippen LogP contribution >= 0.6 is 0 Å². The second-order valence-electron chi connectivity index (χ2n) is 6.50. The molecule has 0 bridgehead atoms. The van der Waals surface area contributed by atoms with Gasteiger partial charge in [-0.15, -0.1) is 0 Å². The van der Waals surface area contributed by atoms with Gasteiger partial charge < -0.3 is 20.5 Å². The molecule has 0 aromatic carbocycles. The van der Waals surface area contributed by atoms with Gasteiger partial charge in [-0.25, -0.2) is 4.98 Å². The van der Waals surface area contributed by atoms with Crippen LogP contribution in [0.2, 0.25) is 0 Å². The third-order valence-electron chi connectivity index (χ3n) is 4.53.